The summed E-state index contributed by atoms with van der Waals surface area (Å²) in [6.07, 6.45) is 1.34. The number of aromatic nitrogens is 2. The predicted octanol–water partition coefficient (Wildman–Crippen LogP) is 3.41. The lowest BCUT2D eigenvalue weighted by Crippen LogP contribution is -2.41. The zero-order valence-corrected chi connectivity index (χ0v) is 16.0. The maximum absolute atomic E-state index is 12.7. The fraction of sp³-hybridized carbons (Fsp3) is 0.389. The number of carbonyl (C=O) groups is 2. The summed E-state index contributed by atoms with van der Waals surface area (Å²) in [7, 11) is 0. The van der Waals surface area contributed by atoms with Gasteiger partial charge in [-0.1, -0.05) is 23.2 Å². The number of rotatable bonds is 4. The number of amides is 1. The van der Waals surface area contributed by atoms with Crippen LogP contribution in [0.4, 0.5) is 0 Å². The Morgan fingerprint density at radius 1 is 1.27 bits per heavy atom. The molecular weight excluding hydrogens is 377 g/mol. The number of halogens is 2. The number of likely N-dealkylation sites (tertiary alicyclic amines) is 1. The largest absolute Gasteiger partial charge is 0.480 e. The van der Waals surface area contributed by atoms with E-state index in [2.05, 4.69) is 5.10 Å². The van der Waals surface area contributed by atoms with Gasteiger partial charge in [0.05, 0.1) is 27.8 Å². The van der Waals surface area contributed by atoms with Gasteiger partial charge in [0, 0.05) is 17.8 Å². The average molecular weight is 396 g/mol. The molecule has 1 N–H and O–H groups in total. The molecule has 0 spiro atoms. The van der Waals surface area contributed by atoms with Gasteiger partial charge in [0.25, 0.3) is 0 Å². The van der Waals surface area contributed by atoms with Crippen LogP contribution in [-0.4, -0.2) is 44.3 Å². The molecule has 0 unspecified atom stereocenters. The third-order valence-corrected chi connectivity index (χ3v) is 5.51. The number of carboxylic acids is 1. The Labute approximate surface area is 161 Å². The van der Waals surface area contributed by atoms with Gasteiger partial charge >= 0.3 is 5.97 Å². The second-order valence-corrected chi connectivity index (χ2v) is 7.23. The molecule has 1 saturated heterocycles. The van der Waals surface area contributed by atoms with E-state index in [1.807, 2.05) is 13.8 Å². The van der Waals surface area contributed by atoms with Crippen LogP contribution < -0.4 is 0 Å². The summed E-state index contributed by atoms with van der Waals surface area (Å²) in [6.45, 7) is 4.20. The molecule has 1 aliphatic heterocycles. The van der Waals surface area contributed by atoms with Crippen LogP contribution in [0, 0.1) is 13.8 Å². The summed E-state index contributed by atoms with van der Waals surface area (Å²) < 4.78 is 1.72. The van der Waals surface area contributed by atoms with Gasteiger partial charge in [0.15, 0.2) is 0 Å². The zero-order chi connectivity index (χ0) is 19.0. The van der Waals surface area contributed by atoms with Gasteiger partial charge in [-0.3, -0.25) is 4.79 Å². The summed E-state index contributed by atoms with van der Waals surface area (Å²) in [5, 5.41) is 14.7. The van der Waals surface area contributed by atoms with Gasteiger partial charge in [-0.15, -0.1) is 0 Å². The Morgan fingerprint density at radius 2 is 2.00 bits per heavy atom. The minimum Gasteiger partial charge on any atom is -0.480 e. The van der Waals surface area contributed by atoms with Crippen LogP contribution in [0.2, 0.25) is 10.0 Å². The summed E-state index contributed by atoms with van der Waals surface area (Å²) in [6, 6.07) is 4.49. The first-order valence-electron chi connectivity index (χ1n) is 8.32. The lowest BCUT2D eigenvalue weighted by molar-refractivity contribution is -0.148. The number of hydrogen-bond acceptors (Lipinski definition) is 3. The second kappa shape index (κ2) is 7.29. The van der Waals surface area contributed by atoms with E-state index in [1.54, 1.807) is 22.9 Å². The highest BCUT2D eigenvalue weighted by atomic mass is 35.5. The van der Waals surface area contributed by atoms with Crippen LogP contribution >= 0.6 is 23.2 Å². The number of aliphatic carboxylic acids is 1. The minimum absolute atomic E-state index is 0.128. The number of carbonyl (C=O) groups excluding carboxylic acids is 1. The van der Waals surface area contributed by atoms with Crippen LogP contribution in [0.3, 0.4) is 0 Å². The molecule has 1 fully saturated rings. The van der Waals surface area contributed by atoms with E-state index in [4.69, 9.17) is 23.2 Å². The van der Waals surface area contributed by atoms with Crippen molar-refractivity contribution in [2.45, 2.75) is 39.2 Å². The minimum atomic E-state index is -0.948. The molecule has 0 saturated carbocycles. The molecule has 3 rings (SSSR count). The molecule has 0 radical (unpaired) electrons. The van der Waals surface area contributed by atoms with Crippen LogP contribution in [0.5, 0.6) is 0 Å². The molecular formula is C18H19Cl2N3O3. The lowest BCUT2D eigenvalue weighted by Gasteiger charge is -2.21. The first kappa shape index (κ1) is 18.7. The zero-order valence-electron chi connectivity index (χ0n) is 14.5. The standard InChI is InChI=1S/C18H19Cl2N3O3/c1-10-13(9-17(24)22-7-3-4-16(22)18(25)26)11(2)23(21-10)12-5-6-14(19)15(20)8-12/h5-6,8,16H,3-4,7,9H2,1-2H3,(H,25,26)/t16-/m1/s1. The smallest absolute Gasteiger partial charge is 0.326 e. The Kier molecular flexibility index (Phi) is 5.25. The van der Waals surface area contributed by atoms with Gasteiger partial charge in [0.2, 0.25) is 5.91 Å². The SMILES string of the molecule is Cc1nn(-c2ccc(Cl)c(Cl)c2)c(C)c1CC(=O)N1CCC[C@@H]1C(=O)O. The molecule has 0 bridgehead atoms. The van der Waals surface area contributed by atoms with Gasteiger partial charge in [-0.25, -0.2) is 9.48 Å². The molecule has 1 aromatic carbocycles. The Balaban J connectivity index is 1.87. The van der Waals surface area contributed by atoms with Crippen molar-refractivity contribution in [3.8, 4) is 5.69 Å². The lowest BCUT2D eigenvalue weighted by atomic mass is 10.1. The average Bonchev–Trinajstić information content (AvgIpc) is 3.18. The fourth-order valence-corrected chi connectivity index (χ4v) is 3.67. The highest BCUT2D eigenvalue weighted by molar-refractivity contribution is 6.42. The van der Waals surface area contributed by atoms with Crippen molar-refractivity contribution in [3.05, 3.63) is 45.2 Å². The van der Waals surface area contributed by atoms with E-state index >= 15 is 0 Å². The normalized spacial score (nSPS) is 16.9. The molecule has 1 aromatic heterocycles. The van der Waals surface area contributed by atoms with Crippen LogP contribution in [0.15, 0.2) is 18.2 Å². The predicted molar refractivity (Wildman–Crippen MR) is 99.1 cm³/mol. The molecule has 1 amide bonds. The summed E-state index contributed by atoms with van der Waals surface area (Å²) >= 11 is 12.1. The van der Waals surface area contributed by atoms with E-state index in [1.165, 1.54) is 4.90 Å². The van der Waals surface area contributed by atoms with E-state index in [0.29, 0.717) is 29.4 Å². The molecule has 138 valence electrons. The summed E-state index contributed by atoms with van der Waals surface area (Å²) in [5.41, 5.74) is 3.11. The maximum atomic E-state index is 12.7. The van der Waals surface area contributed by atoms with E-state index in [9.17, 15) is 14.7 Å². The number of carboxylic acid groups (broad SMARTS) is 1. The summed E-state index contributed by atoms with van der Waals surface area (Å²) in [5.74, 6) is -1.13. The van der Waals surface area contributed by atoms with Gasteiger partial charge in [-0.2, -0.15) is 5.10 Å². The van der Waals surface area contributed by atoms with Gasteiger partial charge in [0.1, 0.15) is 6.04 Å². The van der Waals surface area contributed by atoms with Crippen LogP contribution in [-0.2, 0) is 16.0 Å². The van der Waals surface area contributed by atoms with E-state index in [-0.39, 0.29) is 12.3 Å². The first-order chi connectivity index (χ1) is 12.3. The molecule has 26 heavy (non-hydrogen) atoms. The van der Waals surface area contributed by atoms with Crippen LogP contribution in [0.25, 0.3) is 5.69 Å². The fourth-order valence-electron chi connectivity index (χ4n) is 3.37. The number of benzene rings is 1. The number of nitrogens with zero attached hydrogens (tertiary/aromatic N) is 3. The summed E-state index contributed by atoms with van der Waals surface area (Å²) in [4.78, 5) is 25.4. The molecule has 0 aliphatic carbocycles. The third-order valence-electron chi connectivity index (χ3n) is 4.78. The van der Waals surface area contributed by atoms with Gasteiger partial charge in [-0.05, 0) is 44.9 Å². The van der Waals surface area contributed by atoms with E-state index < -0.39 is 12.0 Å². The van der Waals surface area contributed by atoms with Crippen LogP contribution in [0.1, 0.15) is 29.8 Å². The third kappa shape index (κ3) is 3.44. The Morgan fingerprint density at radius 3 is 2.65 bits per heavy atom. The topological polar surface area (TPSA) is 75.4 Å². The monoisotopic (exact) mass is 395 g/mol. The molecule has 6 nitrogen and oxygen atoms in total. The Hall–Kier alpha value is -2.05. The highest BCUT2D eigenvalue weighted by Crippen LogP contribution is 2.27. The highest BCUT2D eigenvalue weighted by Gasteiger charge is 2.34. The molecule has 1 aliphatic rings. The Bertz CT molecular complexity index is 879. The van der Waals surface area contributed by atoms with Crippen molar-refractivity contribution in [1.82, 2.24) is 14.7 Å². The molecule has 1 atom stereocenters. The second-order valence-electron chi connectivity index (χ2n) is 6.42. The van der Waals surface area contributed by atoms with Crippen molar-refractivity contribution in [2.24, 2.45) is 0 Å². The van der Waals surface area contributed by atoms with Crippen molar-refractivity contribution in [2.75, 3.05) is 6.54 Å². The van der Waals surface area contributed by atoms with Crippen molar-refractivity contribution in [3.63, 3.8) is 0 Å². The first-order valence-corrected chi connectivity index (χ1v) is 9.08. The maximum Gasteiger partial charge on any atom is 0.326 e. The van der Waals surface area contributed by atoms with Gasteiger partial charge < -0.3 is 10.0 Å². The molecule has 2 aromatic rings. The molecule has 2 heterocycles. The molecule has 8 heteroatoms. The van der Waals surface area contributed by atoms with Crippen molar-refractivity contribution in [1.29, 1.82) is 0 Å². The number of hydrogen-bond donors (Lipinski definition) is 1. The number of aryl methyl sites for hydroxylation is 1. The van der Waals surface area contributed by atoms with E-state index in [0.717, 1.165) is 22.6 Å². The van der Waals surface area contributed by atoms with Crippen molar-refractivity contribution < 1.29 is 14.7 Å². The van der Waals surface area contributed by atoms with Crippen molar-refractivity contribution >= 4 is 35.1 Å². The quantitative estimate of drug-likeness (QED) is 0.860.